The first-order chi connectivity index (χ1) is 63.3. The highest BCUT2D eigenvalue weighted by Crippen LogP contribution is 2.38. The van der Waals surface area contributed by atoms with Crippen molar-refractivity contribution < 1.29 is 117 Å². The van der Waals surface area contributed by atoms with Crippen molar-refractivity contribution in [2.45, 2.75) is 71.1 Å². The molecule has 0 bridgehead atoms. The normalized spacial score (nSPS) is 12.2. The topological polar surface area (TPSA) is 323 Å². The molecule has 6 amide bonds. The van der Waals surface area contributed by atoms with Gasteiger partial charge in [0.15, 0.2) is 0 Å². The number of pyridine rings is 8. The van der Waals surface area contributed by atoms with Crippen LogP contribution in [0.4, 0.5) is 39.5 Å². The third kappa shape index (κ3) is 29.5. The van der Waals surface area contributed by atoms with Crippen LogP contribution in [0.5, 0.6) is 17.2 Å². The fourth-order valence-corrected chi connectivity index (χ4v) is 13.8. The van der Waals surface area contributed by atoms with Crippen molar-refractivity contribution >= 4 is 131 Å². The van der Waals surface area contributed by atoms with Gasteiger partial charge in [-0.3, -0.25) is 84.0 Å². The number of nitrogens with two attached hydrogens (primary N) is 1. The average Bonchev–Trinajstić information content (AvgIpc) is 1.64. The number of ether oxygens (including phenoxy) is 3. The van der Waals surface area contributed by atoms with E-state index in [1.165, 1.54) is 96.3 Å². The summed E-state index contributed by atoms with van der Waals surface area (Å²) in [6.07, 6.45) is -2.13. The molecule has 133 heavy (non-hydrogen) atoms. The molecule has 11 heterocycles. The smallest absolute Gasteiger partial charge is 0.405 e. The number of hydrogen-bond acceptors (Lipinski definition) is 19. The van der Waals surface area contributed by atoms with Gasteiger partial charge in [0.25, 0.3) is 41.1 Å². The molecule has 3 aliphatic rings. The number of aliphatic hydroxyl groups excluding tert-OH is 1. The number of benzene rings is 6. The zero-order chi connectivity index (χ0) is 96.4. The summed E-state index contributed by atoms with van der Waals surface area (Å²) in [5.41, 5.74) is 14.5. The Morgan fingerprint density at radius 1 is 0.331 bits per heavy atom. The standard InChI is InChI=1S/C21H14F3N2O4.C21H13F3N2O3.C14H9BrN2O2.C13H12F3N2O2.C6H5Br2N.C6H7BrNO.C6H6BrNO.C6H6BrN/c22-21(23,24)30-18-8-4-3-5-15(18)13-9-10-14(26(29)11-13)12-25-19(27)16-6-1-2-7-17(16)20(25)28;22-21(23,24)29-18-8-4-3-5-15(18)13-9-10-14(25-11-13)12-26-19(27)16-6-1-2-7-17(16)20(26)28;15-9-5-6-10(16-7-9)8-17-13(18)11-3-1-2-4-12(11)14(17)19;14-13(15,16)20-12-4-2-1-3-11(12)9-5-6-10(7-17)18(19)8-9;7-3-6-2-1-5(8)4-9-6;1-5-2-3-6(7)4-8(5)9;7-5-1-2-6(4-9)8-3-5;1-5-2-3-6(7)4-8-5/h1-11,29H,12H2;1-11H,12H2;1-7H,8H2;1-6,8,19H,7,17H2;1-2,4H,3H2;2-4,9H,1H3;1-3,9H,4H2;2-4H,1H3/q+1;;;+1;;+1;;. The molecule has 25 nitrogen and oxygen atoms in total. The van der Waals surface area contributed by atoms with Crippen LogP contribution in [0.25, 0.3) is 33.4 Å². The Hall–Kier alpha value is -13.1. The maximum atomic E-state index is 12.6. The van der Waals surface area contributed by atoms with E-state index >= 15 is 0 Å². The second kappa shape index (κ2) is 47.3. The van der Waals surface area contributed by atoms with Crippen LogP contribution in [0.2, 0.25) is 0 Å². The number of para-hydroxylation sites is 3. The number of alkyl halides is 10. The number of halogens is 15. The Balaban J connectivity index is 0.000000165. The van der Waals surface area contributed by atoms with Gasteiger partial charge in [-0.25, -0.2) is 0 Å². The van der Waals surface area contributed by atoms with Crippen molar-refractivity contribution in [3.63, 3.8) is 0 Å². The highest BCUT2D eigenvalue weighted by molar-refractivity contribution is 9.11. The predicted molar refractivity (Wildman–Crippen MR) is 485 cm³/mol. The fourth-order valence-electron chi connectivity index (χ4n) is 12.2. The molecule has 8 aromatic heterocycles. The molecule has 6 aromatic carbocycles. The number of aliphatic hydroxyl groups is 1. The van der Waals surface area contributed by atoms with Crippen LogP contribution >= 0.6 is 95.6 Å². The molecule has 0 radical (unpaired) electrons. The summed E-state index contributed by atoms with van der Waals surface area (Å²) >= 11 is 19.6. The van der Waals surface area contributed by atoms with Gasteiger partial charge in [0.05, 0.1) is 98.0 Å². The number of amides is 6. The van der Waals surface area contributed by atoms with Crippen molar-refractivity contribution in [2.24, 2.45) is 5.73 Å². The number of hydrogen-bond donors (Lipinski definition) is 5. The Labute approximate surface area is 802 Å². The van der Waals surface area contributed by atoms with Gasteiger partial charge in [-0.2, -0.15) is 0 Å². The quantitative estimate of drug-likeness (QED) is 0.0209. The number of aromatic nitrogens is 8. The number of fused-ring (bicyclic) bond motifs is 3. The molecule has 6 N–H and O–H groups in total. The van der Waals surface area contributed by atoms with Gasteiger partial charge in [-0.1, -0.05) is 113 Å². The van der Waals surface area contributed by atoms with E-state index in [1.807, 2.05) is 62.4 Å². The monoisotopic (exact) mass is 2210 g/mol. The molecule has 17 rings (SSSR count). The lowest BCUT2D eigenvalue weighted by molar-refractivity contribution is -0.909. The highest BCUT2D eigenvalue weighted by Gasteiger charge is 2.40. The molecule has 0 fully saturated rings. The Morgan fingerprint density at radius 3 is 0.925 bits per heavy atom. The highest BCUT2D eigenvalue weighted by atomic mass is 79.9. The predicted octanol–water partition coefficient (Wildman–Crippen LogP) is 20.4. The summed E-state index contributed by atoms with van der Waals surface area (Å²) in [4.78, 5) is 97.8. The number of imide groups is 3. The van der Waals surface area contributed by atoms with Gasteiger partial charge < -0.3 is 25.1 Å². The van der Waals surface area contributed by atoms with Crippen molar-refractivity contribution in [3.05, 3.63) is 394 Å². The molecule has 0 unspecified atom stereocenters. The first-order valence-corrected chi connectivity index (χ1v) is 43.8. The molecule has 0 saturated heterocycles. The minimum absolute atomic E-state index is 0.00722. The van der Waals surface area contributed by atoms with Crippen LogP contribution in [0, 0.1) is 13.8 Å². The van der Waals surface area contributed by atoms with Gasteiger partial charge in [0, 0.05) is 121 Å². The number of rotatable bonds is 15. The number of aryl methyl sites for hydroxylation is 2. The second-order valence-electron chi connectivity index (χ2n) is 27.8. The molecule has 0 saturated carbocycles. The first-order valence-electron chi connectivity index (χ1n) is 38.8. The van der Waals surface area contributed by atoms with E-state index in [9.17, 15) is 78.7 Å². The van der Waals surface area contributed by atoms with E-state index in [1.54, 1.807) is 146 Å². The zero-order valence-electron chi connectivity index (χ0n) is 69.1. The number of carbonyl (C=O) groups excluding carboxylic acids is 6. The summed E-state index contributed by atoms with van der Waals surface area (Å²) in [6, 6.07) is 64.6. The summed E-state index contributed by atoms with van der Waals surface area (Å²) in [6.45, 7) is 3.86. The first kappa shape index (κ1) is 102. The summed E-state index contributed by atoms with van der Waals surface area (Å²) in [7, 11) is 0. The summed E-state index contributed by atoms with van der Waals surface area (Å²) in [5.74, 6) is -3.38. The lowest BCUT2D eigenvalue weighted by atomic mass is 10.1. The van der Waals surface area contributed by atoms with Crippen molar-refractivity contribution in [3.8, 4) is 50.6 Å². The maximum Gasteiger partial charge on any atom is 0.573 e. The van der Waals surface area contributed by atoms with Gasteiger partial charge in [-0.15, -0.1) is 39.5 Å². The second-order valence-corrected chi connectivity index (χ2v) is 32.9. The third-order valence-corrected chi connectivity index (χ3v) is 21.5. The van der Waals surface area contributed by atoms with Gasteiger partial charge in [0.1, 0.15) is 23.8 Å². The summed E-state index contributed by atoms with van der Waals surface area (Å²) < 4.78 is 132. The number of carbonyl (C=O) groups is 6. The fraction of sp³-hybridized carbons (Fsp3) is 0.118. The van der Waals surface area contributed by atoms with E-state index < -0.39 is 48.5 Å². The average molecular weight is 2220 g/mol. The van der Waals surface area contributed by atoms with E-state index in [0.29, 0.717) is 60.9 Å². The maximum absolute atomic E-state index is 12.6. The van der Waals surface area contributed by atoms with E-state index in [0.717, 1.165) is 70.1 Å². The molecule has 14 aromatic rings. The lowest BCUT2D eigenvalue weighted by Crippen LogP contribution is -2.40. The van der Waals surface area contributed by atoms with Gasteiger partial charge in [0.2, 0.25) is 30.0 Å². The molecular weight excluding hydrogens is 2140 g/mol. The molecule has 0 spiro atoms. The van der Waals surface area contributed by atoms with Crippen LogP contribution in [0.1, 0.15) is 108 Å². The molecule has 0 aliphatic carbocycles. The minimum atomic E-state index is -4.86. The number of nitrogens with zero attached hydrogens (tertiary/aromatic N) is 11. The van der Waals surface area contributed by atoms with E-state index in [4.69, 9.17) is 16.0 Å². The van der Waals surface area contributed by atoms with Gasteiger partial charge >= 0.3 is 19.1 Å². The largest absolute Gasteiger partial charge is 0.573 e. The molecular formula is C93H72Br6F9N12O13+3. The van der Waals surface area contributed by atoms with Crippen LogP contribution in [-0.4, -0.2) is 115 Å². The Kier molecular flexibility index (Phi) is 36.3. The molecule has 3 aliphatic heterocycles. The van der Waals surface area contributed by atoms with Crippen molar-refractivity contribution in [1.29, 1.82) is 0 Å². The van der Waals surface area contributed by atoms with Crippen molar-refractivity contribution in [2.75, 3.05) is 0 Å². The van der Waals surface area contributed by atoms with Crippen LogP contribution in [0.15, 0.2) is 315 Å². The molecule has 40 heteroatoms. The van der Waals surface area contributed by atoms with Crippen LogP contribution in [0.3, 0.4) is 0 Å². The van der Waals surface area contributed by atoms with Crippen LogP contribution in [-0.2, 0) is 38.1 Å². The van der Waals surface area contributed by atoms with E-state index in [-0.39, 0.29) is 95.2 Å². The van der Waals surface area contributed by atoms with Gasteiger partial charge in [-0.05, 0) is 214 Å². The van der Waals surface area contributed by atoms with E-state index in [2.05, 4.69) is 135 Å². The minimum Gasteiger partial charge on any atom is -0.405 e. The molecule has 0 atom stereocenters. The Bertz CT molecular complexity index is 6280. The van der Waals surface area contributed by atoms with Crippen molar-refractivity contribution in [1.82, 2.24) is 39.6 Å². The summed E-state index contributed by atoms with van der Waals surface area (Å²) in [5, 5.41) is 38.3. The van der Waals surface area contributed by atoms with Crippen LogP contribution < -0.4 is 34.1 Å². The lowest BCUT2D eigenvalue weighted by Gasteiger charge is -2.15. The SMILES string of the molecule is BrCc1ccc(Br)cn1.Cc1ccc(Br)c[n+]1O.Cc1ccc(Br)cn1.NCc1ccc(-c2ccccc2OC(F)(F)F)c[n+]1O.O=C1c2ccccc2C(=O)N1Cc1ccc(-c2ccccc2OC(F)(F)F)c[n+]1O.O=C1c2ccccc2C(=O)N1Cc1ccc(-c2ccccc2OC(F)(F)F)cn1.O=C1c2ccccc2C(=O)N1Cc1ccc(Br)cn1.OCc1ccc(Br)cn1. The molecule has 684 valence electrons. The third-order valence-electron chi connectivity index (χ3n) is 18.6. The Morgan fingerprint density at radius 2 is 0.632 bits per heavy atom. The zero-order valence-corrected chi connectivity index (χ0v) is 78.6.